The van der Waals surface area contributed by atoms with Gasteiger partial charge in [-0.3, -0.25) is 9.69 Å². The zero-order valence-corrected chi connectivity index (χ0v) is 21.1. The van der Waals surface area contributed by atoms with Crippen molar-refractivity contribution < 1.29 is 13.2 Å². The van der Waals surface area contributed by atoms with Crippen LogP contribution in [0.5, 0.6) is 0 Å². The number of para-hydroxylation sites is 1. The molecule has 1 aliphatic carbocycles. The van der Waals surface area contributed by atoms with E-state index in [0.717, 1.165) is 59.5 Å². The summed E-state index contributed by atoms with van der Waals surface area (Å²) in [5.74, 6) is -0.167. The number of carbonyl (C=O) groups excluding carboxylic acids is 1. The highest BCUT2D eigenvalue weighted by atomic mass is 35.5. The topological polar surface area (TPSA) is 70.1 Å². The summed E-state index contributed by atoms with van der Waals surface area (Å²) >= 11 is 8.60. The molecule has 0 atom stereocenters. The van der Waals surface area contributed by atoms with Gasteiger partial charge in [-0.2, -0.15) is 8.42 Å². The van der Waals surface area contributed by atoms with Crippen LogP contribution in [0.4, 0.5) is 5.69 Å². The second-order valence-corrected chi connectivity index (χ2v) is 12.2. The molecule has 0 aromatic heterocycles. The highest BCUT2D eigenvalue weighted by Gasteiger charge is 2.43. The van der Waals surface area contributed by atoms with Gasteiger partial charge < -0.3 is 4.90 Å². The zero-order valence-electron chi connectivity index (χ0n) is 17.9. The van der Waals surface area contributed by atoms with Crippen molar-refractivity contribution in [1.29, 1.82) is 0 Å². The summed E-state index contributed by atoms with van der Waals surface area (Å²) in [6.07, 6.45) is 4.85. The highest BCUT2D eigenvalue weighted by Crippen LogP contribution is 2.50. The standard InChI is InChI=1S/C23H22ClN3O3S3/c1-26-18-9-5-6-10-19(18)31-22(26)20-21(28)27(16-7-3-2-4-8-16)23(32-20)25-33(29,30)17-13-11-15(24)12-14-17/h5-6,9-14,16H,2-4,7-8H2,1H3/b22-20+,25-23?. The molecule has 6 nitrogen and oxygen atoms in total. The van der Waals surface area contributed by atoms with Crippen LogP contribution in [0.3, 0.4) is 0 Å². The SMILES string of the molecule is CN1/C(=C2\SC(=NS(=O)(=O)c3ccc(Cl)cc3)N(C3CCCCC3)C2=O)Sc2ccccc21. The van der Waals surface area contributed by atoms with Gasteiger partial charge in [0, 0.05) is 23.0 Å². The number of carbonyl (C=O) groups is 1. The summed E-state index contributed by atoms with van der Waals surface area (Å²) in [6.45, 7) is 0. The first-order chi connectivity index (χ1) is 15.8. The Morgan fingerprint density at radius 2 is 1.70 bits per heavy atom. The number of fused-ring (bicyclic) bond motifs is 1. The van der Waals surface area contributed by atoms with Gasteiger partial charge in [0.05, 0.1) is 15.6 Å². The third kappa shape index (κ3) is 4.32. The fourth-order valence-corrected chi connectivity index (χ4v) is 8.00. The Morgan fingerprint density at radius 1 is 1.00 bits per heavy atom. The minimum absolute atomic E-state index is 0.0462. The van der Waals surface area contributed by atoms with Crippen molar-refractivity contribution >= 4 is 61.9 Å². The van der Waals surface area contributed by atoms with E-state index in [1.165, 1.54) is 36.0 Å². The van der Waals surface area contributed by atoms with Gasteiger partial charge in [-0.15, -0.1) is 4.40 Å². The van der Waals surface area contributed by atoms with Crippen LogP contribution in [0.15, 0.2) is 72.7 Å². The molecule has 2 fully saturated rings. The van der Waals surface area contributed by atoms with Gasteiger partial charge >= 0.3 is 0 Å². The maximum atomic E-state index is 13.7. The first-order valence-electron chi connectivity index (χ1n) is 10.7. The van der Waals surface area contributed by atoms with E-state index in [1.54, 1.807) is 4.90 Å². The molecular formula is C23H22ClN3O3S3. The average Bonchev–Trinajstić information content (AvgIpc) is 3.30. The summed E-state index contributed by atoms with van der Waals surface area (Å²) < 4.78 is 30.3. The average molecular weight is 520 g/mol. The second-order valence-electron chi connectivity index (χ2n) is 8.13. The van der Waals surface area contributed by atoms with E-state index in [4.69, 9.17) is 11.6 Å². The molecule has 0 bridgehead atoms. The minimum atomic E-state index is -4.00. The van der Waals surface area contributed by atoms with Gasteiger partial charge in [0.25, 0.3) is 15.9 Å². The van der Waals surface area contributed by atoms with Crippen LogP contribution in [0.1, 0.15) is 32.1 Å². The van der Waals surface area contributed by atoms with Crippen molar-refractivity contribution in [2.45, 2.75) is 47.9 Å². The Kier molecular flexibility index (Phi) is 6.24. The maximum absolute atomic E-state index is 13.7. The molecule has 10 heteroatoms. The van der Waals surface area contributed by atoms with E-state index in [9.17, 15) is 13.2 Å². The molecule has 2 aliphatic heterocycles. The number of halogens is 1. The van der Waals surface area contributed by atoms with Gasteiger partial charge in [-0.25, -0.2) is 0 Å². The maximum Gasteiger partial charge on any atom is 0.284 e. The second kappa shape index (κ2) is 9.02. The molecular weight excluding hydrogens is 498 g/mol. The molecule has 0 N–H and O–H groups in total. The molecule has 1 saturated heterocycles. The van der Waals surface area contributed by atoms with Crippen molar-refractivity contribution in [2.24, 2.45) is 4.40 Å². The van der Waals surface area contributed by atoms with Crippen molar-refractivity contribution in [3.8, 4) is 0 Å². The van der Waals surface area contributed by atoms with Crippen molar-refractivity contribution in [1.82, 2.24) is 4.90 Å². The first kappa shape index (κ1) is 22.8. The van der Waals surface area contributed by atoms with Crippen LogP contribution in [0, 0.1) is 0 Å². The number of hydrogen-bond acceptors (Lipinski definition) is 6. The van der Waals surface area contributed by atoms with E-state index >= 15 is 0 Å². The van der Waals surface area contributed by atoms with Gasteiger partial charge in [0.1, 0.15) is 4.91 Å². The lowest BCUT2D eigenvalue weighted by atomic mass is 9.94. The molecule has 2 aromatic rings. The molecule has 5 rings (SSSR count). The number of amidine groups is 1. The van der Waals surface area contributed by atoms with Gasteiger partial charge in [0.15, 0.2) is 5.17 Å². The molecule has 0 radical (unpaired) electrons. The first-order valence-corrected chi connectivity index (χ1v) is 14.2. The number of amides is 1. The molecule has 2 aromatic carbocycles. The van der Waals surface area contributed by atoms with Crippen LogP contribution in [0.25, 0.3) is 0 Å². The third-order valence-electron chi connectivity index (χ3n) is 5.99. The Labute approximate surface area is 207 Å². The zero-order chi connectivity index (χ0) is 23.2. The smallest absolute Gasteiger partial charge is 0.284 e. The van der Waals surface area contributed by atoms with Crippen LogP contribution < -0.4 is 4.90 Å². The molecule has 3 aliphatic rings. The highest BCUT2D eigenvalue weighted by molar-refractivity contribution is 8.19. The summed E-state index contributed by atoms with van der Waals surface area (Å²) in [4.78, 5) is 18.9. The molecule has 172 valence electrons. The molecule has 2 heterocycles. The summed E-state index contributed by atoms with van der Waals surface area (Å²) in [6, 6.07) is 13.8. The number of benzene rings is 2. The Balaban J connectivity index is 1.57. The summed E-state index contributed by atoms with van der Waals surface area (Å²) in [5, 5.41) is 1.49. The fourth-order valence-electron chi connectivity index (χ4n) is 4.30. The van der Waals surface area contributed by atoms with Crippen molar-refractivity contribution in [2.75, 3.05) is 11.9 Å². The number of rotatable bonds is 3. The van der Waals surface area contributed by atoms with Gasteiger partial charge in [0.2, 0.25) is 0 Å². The van der Waals surface area contributed by atoms with Crippen molar-refractivity contribution in [3.63, 3.8) is 0 Å². The van der Waals surface area contributed by atoms with E-state index in [2.05, 4.69) is 4.40 Å². The number of thioether (sulfide) groups is 2. The number of hydrogen-bond donors (Lipinski definition) is 0. The largest absolute Gasteiger partial charge is 0.337 e. The monoisotopic (exact) mass is 519 g/mol. The van der Waals surface area contributed by atoms with Crippen molar-refractivity contribution in [3.05, 3.63) is 63.5 Å². The molecule has 33 heavy (non-hydrogen) atoms. The predicted octanol–water partition coefficient (Wildman–Crippen LogP) is 5.70. The van der Waals surface area contributed by atoms with E-state index in [-0.39, 0.29) is 22.0 Å². The van der Waals surface area contributed by atoms with Crippen LogP contribution in [0.2, 0.25) is 5.02 Å². The fraction of sp³-hybridized carbons (Fsp3) is 0.304. The predicted molar refractivity (Wildman–Crippen MR) is 135 cm³/mol. The molecule has 1 amide bonds. The molecule has 0 unspecified atom stereocenters. The minimum Gasteiger partial charge on any atom is -0.337 e. The number of anilines is 1. The molecule has 1 saturated carbocycles. The Hall–Kier alpha value is -1.94. The Morgan fingerprint density at radius 3 is 2.39 bits per heavy atom. The van der Waals surface area contributed by atoms with E-state index in [0.29, 0.717) is 9.93 Å². The summed E-state index contributed by atoms with van der Waals surface area (Å²) in [5.41, 5.74) is 1.03. The lowest BCUT2D eigenvalue weighted by Crippen LogP contribution is -2.41. The van der Waals surface area contributed by atoms with Crippen LogP contribution >= 0.6 is 35.1 Å². The molecule has 0 spiro atoms. The number of nitrogens with zero attached hydrogens (tertiary/aromatic N) is 3. The van der Waals surface area contributed by atoms with Crippen LogP contribution in [-0.4, -0.2) is 37.5 Å². The normalized spacial score (nSPS) is 23.0. The van der Waals surface area contributed by atoms with Gasteiger partial charge in [-0.1, -0.05) is 54.8 Å². The summed E-state index contributed by atoms with van der Waals surface area (Å²) in [7, 11) is -2.07. The Bertz CT molecular complexity index is 1270. The van der Waals surface area contributed by atoms with Gasteiger partial charge in [-0.05, 0) is 61.0 Å². The lowest BCUT2D eigenvalue weighted by Gasteiger charge is -2.30. The van der Waals surface area contributed by atoms with E-state index in [1.807, 2.05) is 36.2 Å². The lowest BCUT2D eigenvalue weighted by molar-refractivity contribution is -0.124. The third-order valence-corrected chi connectivity index (χ3v) is 10.1. The van der Waals surface area contributed by atoms with E-state index < -0.39 is 10.0 Å². The quantitative estimate of drug-likeness (QED) is 0.484. The number of sulfonamides is 1. The van der Waals surface area contributed by atoms with Crippen LogP contribution in [-0.2, 0) is 14.8 Å².